The number of carbonyl (C=O) groups excluding carboxylic acids is 9. The molecule has 1 heterocycles. The summed E-state index contributed by atoms with van der Waals surface area (Å²) in [7, 11) is 0. The van der Waals surface area contributed by atoms with Gasteiger partial charge in [-0.15, -0.1) is 0 Å². The van der Waals surface area contributed by atoms with E-state index in [1.807, 2.05) is 133 Å². The van der Waals surface area contributed by atoms with Gasteiger partial charge in [0.1, 0.15) is 57.8 Å². The fraction of sp³-hybridized carbons (Fsp3) is 0.392. The molecule has 25 heteroatoms. The van der Waals surface area contributed by atoms with Gasteiger partial charge >= 0.3 is 36.6 Å². The zero-order valence-corrected chi connectivity index (χ0v) is 55.9. The fourth-order valence-electron chi connectivity index (χ4n) is 10.5. The Labute approximate surface area is 578 Å². The molecular weight excluding hydrogens is 1270 g/mol. The zero-order valence-electron chi connectivity index (χ0n) is 55.9. The Morgan fingerprint density at radius 3 is 0.737 bits per heavy atom. The Balaban J connectivity index is 1.10. The van der Waals surface area contributed by atoms with E-state index in [1.54, 1.807) is 48.5 Å². The monoisotopic (exact) mass is 1360 g/mol. The summed E-state index contributed by atoms with van der Waals surface area (Å²) in [6.07, 6.45) is -1.83. The zero-order chi connectivity index (χ0) is 69.9. The molecule has 0 unspecified atom stereocenters. The van der Waals surface area contributed by atoms with Crippen LogP contribution in [0.3, 0.4) is 0 Å². The average Bonchev–Trinajstić information content (AvgIpc) is 1.02. The highest BCUT2D eigenvalue weighted by atomic mass is 16.6. The third-order valence-corrected chi connectivity index (χ3v) is 15.9. The Kier molecular flexibility index (Phi) is 33.8. The van der Waals surface area contributed by atoms with Gasteiger partial charge in [0.05, 0.1) is 0 Å². The molecule has 25 nitrogen and oxygen atoms in total. The minimum absolute atomic E-state index is 0.0637. The van der Waals surface area contributed by atoms with Crippen molar-refractivity contribution in [2.45, 2.75) is 116 Å². The molecule has 1 aliphatic rings. The molecule has 0 spiro atoms. The number of ether oxygens (including phenoxy) is 6. The first-order valence-corrected chi connectivity index (χ1v) is 33.7. The van der Waals surface area contributed by atoms with Gasteiger partial charge in [0.2, 0.25) is 17.7 Å². The van der Waals surface area contributed by atoms with Crippen LogP contribution in [-0.4, -0.2) is 159 Å². The van der Waals surface area contributed by atoms with Crippen LogP contribution in [0, 0.1) is 0 Å². The maximum Gasteiger partial charge on any atom is 0.408 e. The SMILES string of the molecule is O=C(NCCCC[C@H](NC(=O)OCc1ccccc1)C(=O)N1CCNCCN(C(=O)[C@H](CCCCNC(=O)OCc2ccccc2)NC(=O)OCc2ccccc2)CCN(C(=O)[C@H](CCCCNC(=O)OCc2ccccc2)NC(=O)OCc2ccccc2)CC1)OCc1ccccc1. The van der Waals surface area contributed by atoms with Gasteiger partial charge in [-0.3, -0.25) is 14.4 Å². The van der Waals surface area contributed by atoms with Gasteiger partial charge in [-0.2, -0.15) is 0 Å². The molecular formula is C74H92N10O15. The van der Waals surface area contributed by atoms with Gasteiger partial charge in [-0.25, -0.2) is 28.8 Å². The van der Waals surface area contributed by atoms with Crippen LogP contribution in [0.5, 0.6) is 0 Å². The van der Waals surface area contributed by atoms with E-state index in [0.717, 1.165) is 27.8 Å². The van der Waals surface area contributed by atoms with E-state index in [0.29, 0.717) is 44.1 Å². The number of hydrogen-bond donors (Lipinski definition) is 7. The molecule has 0 radical (unpaired) electrons. The van der Waals surface area contributed by atoms with E-state index in [1.165, 1.54) is 14.7 Å². The van der Waals surface area contributed by atoms with Gasteiger partial charge in [-0.1, -0.05) is 182 Å². The van der Waals surface area contributed by atoms with E-state index in [-0.39, 0.29) is 131 Å². The molecule has 7 N–H and O–H groups in total. The fourth-order valence-corrected chi connectivity index (χ4v) is 10.5. The van der Waals surface area contributed by atoms with Gasteiger partial charge in [0.15, 0.2) is 0 Å². The minimum atomic E-state index is -1.22. The summed E-state index contributed by atoms with van der Waals surface area (Å²) < 4.78 is 33.0. The Hall–Kier alpha value is -10.7. The number of rotatable bonds is 33. The van der Waals surface area contributed by atoms with Crippen LogP contribution in [0.4, 0.5) is 28.8 Å². The first-order valence-electron chi connectivity index (χ1n) is 33.7. The molecule has 1 saturated heterocycles. The van der Waals surface area contributed by atoms with Crippen LogP contribution in [0.15, 0.2) is 182 Å². The summed E-state index contributed by atoms with van der Waals surface area (Å²) in [6.45, 7) is 0.686. The first kappa shape index (κ1) is 75.7. The number of benzene rings is 6. The normalized spacial score (nSPS) is 13.4. The molecule has 7 rings (SSSR count). The van der Waals surface area contributed by atoms with Crippen molar-refractivity contribution in [1.82, 2.24) is 51.9 Å². The molecule has 0 aromatic heterocycles. The Bertz CT molecular complexity index is 3230. The Morgan fingerprint density at radius 1 is 0.293 bits per heavy atom. The molecule has 3 atom stereocenters. The summed E-state index contributed by atoms with van der Waals surface area (Å²) in [5, 5.41) is 20.0. The van der Waals surface area contributed by atoms with Gasteiger partial charge in [0.25, 0.3) is 0 Å². The molecule has 6 aromatic carbocycles. The van der Waals surface area contributed by atoms with E-state index in [2.05, 4.69) is 37.2 Å². The van der Waals surface area contributed by atoms with E-state index >= 15 is 14.4 Å². The maximum absolute atomic E-state index is 15.5. The maximum atomic E-state index is 15.5. The summed E-state index contributed by atoms with van der Waals surface area (Å²) in [5.74, 6) is -1.53. The van der Waals surface area contributed by atoms with Crippen molar-refractivity contribution in [3.8, 4) is 0 Å². The molecule has 6 aromatic rings. The summed E-state index contributed by atoms with van der Waals surface area (Å²) >= 11 is 0. The number of nitrogens with one attached hydrogen (secondary N) is 7. The average molecular weight is 1360 g/mol. The van der Waals surface area contributed by atoms with Gasteiger partial charge in [-0.05, 0) is 91.2 Å². The van der Waals surface area contributed by atoms with E-state index in [4.69, 9.17) is 28.4 Å². The molecule has 99 heavy (non-hydrogen) atoms. The second-order valence-electron chi connectivity index (χ2n) is 23.5. The lowest BCUT2D eigenvalue weighted by atomic mass is 10.1. The Morgan fingerprint density at radius 2 is 0.505 bits per heavy atom. The molecule has 9 amide bonds. The van der Waals surface area contributed by atoms with Crippen molar-refractivity contribution >= 4 is 54.3 Å². The van der Waals surface area contributed by atoms with Crippen LogP contribution in [0.25, 0.3) is 0 Å². The largest absolute Gasteiger partial charge is 0.445 e. The summed E-state index contributed by atoms with van der Waals surface area (Å²) in [4.78, 5) is 129. The van der Waals surface area contributed by atoms with Gasteiger partial charge < -0.3 is 80.3 Å². The molecule has 1 aliphatic heterocycles. The highest BCUT2D eigenvalue weighted by Crippen LogP contribution is 2.15. The molecule has 0 aliphatic carbocycles. The summed E-state index contributed by atoms with van der Waals surface area (Å²) in [6, 6.07) is 51.3. The second kappa shape index (κ2) is 44.2. The number of unbranched alkanes of at least 4 members (excludes halogenated alkanes) is 3. The third kappa shape index (κ3) is 30.1. The van der Waals surface area contributed by atoms with Gasteiger partial charge in [0, 0.05) is 72.0 Å². The highest BCUT2D eigenvalue weighted by Gasteiger charge is 2.33. The minimum Gasteiger partial charge on any atom is -0.445 e. The number of nitrogens with zero attached hydrogens (tertiary/aromatic N) is 3. The topological polar surface area (TPSA) is 303 Å². The number of alkyl carbamates (subject to hydrolysis) is 6. The molecule has 1 fully saturated rings. The third-order valence-electron chi connectivity index (χ3n) is 15.9. The van der Waals surface area contributed by atoms with E-state index < -0.39 is 72.4 Å². The van der Waals surface area contributed by atoms with Crippen molar-refractivity contribution in [3.63, 3.8) is 0 Å². The number of carbonyl (C=O) groups is 9. The van der Waals surface area contributed by atoms with Crippen molar-refractivity contribution in [2.24, 2.45) is 0 Å². The number of amides is 9. The predicted octanol–water partition coefficient (Wildman–Crippen LogP) is 9.25. The van der Waals surface area contributed by atoms with Crippen molar-refractivity contribution < 1.29 is 71.6 Å². The quantitative estimate of drug-likeness (QED) is 0.0149. The smallest absolute Gasteiger partial charge is 0.408 e. The lowest BCUT2D eigenvalue weighted by molar-refractivity contribution is -0.139. The summed E-state index contributed by atoms with van der Waals surface area (Å²) in [5.41, 5.74) is 4.61. The molecule has 528 valence electrons. The van der Waals surface area contributed by atoms with Crippen LogP contribution in [0.2, 0.25) is 0 Å². The molecule has 0 bridgehead atoms. The van der Waals surface area contributed by atoms with Crippen LogP contribution >= 0.6 is 0 Å². The predicted molar refractivity (Wildman–Crippen MR) is 369 cm³/mol. The van der Waals surface area contributed by atoms with Crippen molar-refractivity contribution in [3.05, 3.63) is 215 Å². The van der Waals surface area contributed by atoms with Crippen LogP contribution in [-0.2, 0) is 82.4 Å². The number of hydrogen-bond acceptors (Lipinski definition) is 16. The van der Waals surface area contributed by atoms with Crippen molar-refractivity contribution in [1.29, 1.82) is 0 Å². The first-order chi connectivity index (χ1) is 48.3. The standard InChI is InChI=1S/C74H92N10O15/c85-66(63(79-72(91)97-54-60-31-13-4-14-32-60)37-19-22-40-76-69(88)94-51-57-25-7-1-8-26-57)82-45-43-75-44-46-83(67(86)64(80-73(92)98-55-61-33-15-5-16-34-61)38-20-23-41-77-70(89)95-52-58-27-9-2-10-28-58)48-50-84(49-47-82)68(87)65(81-74(93)99-56-62-35-17-6-18-36-62)39-21-24-42-78-71(90)96-53-59-29-11-3-12-30-59/h1-18,25-36,63-65,75H,19-24,37-56H2,(H,76,88)(H,77,89)(H,78,90)(H,79,91)(H,80,92)(H,81,93)/t63-,64-,65-/m0/s1. The highest BCUT2D eigenvalue weighted by molar-refractivity contribution is 5.88. The van der Waals surface area contributed by atoms with Crippen LogP contribution < -0.4 is 37.2 Å². The van der Waals surface area contributed by atoms with Crippen molar-refractivity contribution in [2.75, 3.05) is 72.0 Å². The lowest BCUT2D eigenvalue weighted by Gasteiger charge is -2.35. The lowest BCUT2D eigenvalue weighted by Crippen LogP contribution is -2.57. The van der Waals surface area contributed by atoms with Crippen LogP contribution in [0.1, 0.15) is 91.2 Å². The second-order valence-corrected chi connectivity index (χ2v) is 23.5. The van der Waals surface area contributed by atoms with E-state index in [9.17, 15) is 28.8 Å². The molecule has 0 saturated carbocycles.